The third kappa shape index (κ3) is 2.73. The molecule has 0 aromatic carbocycles. The van der Waals surface area contributed by atoms with Crippen LogP contribution >= 0.6 is 0 Å². The van der Waals surface area contributed by atoms with Crippen LogP contribution in [0.15, 0.2) is 6.07 Å². The third-order valence-corrected chi connectivity index (χ3v) is 1.57. The number of hydrogen-bond donors (Lipinski definition) is 2. The molecule has 3 nitrogen and oxygen atoms in total. The molecular weight excluding hydrogens is 183 g/mol. The molecule has 0 fully saturated rings. The first kappa shape index (κ1) is 10.0. The van der Waals surface area contributed by atoms with Crippen molar-refractivity contribution in [1.82, 2.24) is 15.5 Å². The average Bonchev–Trinajstić information content (AvgIpc) is 2.47. The maximum Gasteiger partial charge on any atom is 0.435 e. The summed E-state index contributed by atoms with van der Waals surface area (Å²) in [4.78, 5) is 0. The normalized spacial score (nSPS) is 12.0. The van der Waals surface area contributed by atoms with Gasteiger partial charge in [-0.05, 0) is 13.1 Å². The van der Waals surface area contributed by atoms with E-state index in [9.17, 15) is 13.2 Å². The molecule has 0 aliphatic carbocycles. The molecule has 1 rings (SSSR count). The first-order valence-electron chi connectivity index (χ1n) is 3.80. The zero-order valence-corrected chi connectivity index (χ0v) is 7.07. The summed E-state index contributed by atoms with van der Waals surface area (Å²) in [6.45, 7) is 0.624. The summed E-state index contributed by atoms with van der Waals surface area (Å²) in [6, 6.07) is 1.03. The number of likely N-dealkylation sites (N-methyl/N-ethyl adjacent to an activating group) is 1. The molecule has 13 heavy (non-hydrogen) atoms. The molecule has 1 heterocycles. The van der Waals surface area contributed by atoms with Crippen molar-refractivity contribution in [2.45, 2.75) is 12.6 Å². The molecule has 0 aliphatic rings. The number of nitrogens with zero attached hydrogens (tertiary/aromatic N) is 1. The molecule has 0 saturated carbocycles. The Balaban J connectivity index is 2.64. The molecule has 0 amide bonds. The fourth-order valence-electron chi connectivity index (χ4n) is 0.895. The van der Waals surface area contributed by atoms with E-state index in [1.54, 1.807) is 7.05 Å². The Bertz CT molecular complexity index is 266. The molecular formula is C7H10F3N3. The highest BCUT2D eigenvalue weighted by Crippen LogP contribution is 2.27. The number of rotatable bonds is 3. The van der Waals surface area contributed by atoms with Gasteiger partial charge in [-0.1, -0.05) is 0 Å². The number of hydrogen-bond acceptors (Lipinski definition) is 2. The molecule has 6 heteroatoms. The Morgan fingerprint density at radius 2 is 2.23 bits per heavy atom. The summed E-state index contributed by atoms with van der Waals surface area (Å²) in [6.07, 6.45) is -3.84. The highest BCUT2D eigenvalue weighted by molar-refractivity contribution is 5.11. The highest BCUT2D eigenvalue weighted by atomic mass is 19.4. The largest absolute Gasteiger partial charge is 0.435 e. The van der Waals surface area contributed by atoms with E-state index in [0.29, 0.717) is 18.7 Å². The second-order valence-corrected chi connectivity index (χ2v) is 2.63. The minimum Gasteiger partial charge on any atom is -0.319 e. The minimum atomic E-state index is -4.35. The Morgan fingerprint density at radius 1 is 1.54 bits per heavy atom. The van der Waals surface area contributed by atoms with Crippen molar-refractivity contribution in [1.29, 1.82) is 0 Å². The quantitative estimate of drug-likeness (QED) is 0.757. The molecule has 0 unspecified atom stereocenters. The van der Waals surface area contributed by atoms with Gasteiger partial charge in [0.25, 0.3) is 0 Å². The van der Waals surface area contributed by atoms with Crippen molar-refractivity contribution >= 4 is 0 Å². The molecule has 1 aromatic heterocycles. The molecule has 0 spiro atoms. The van der Waals surface area contributed by atoms with E-state index < -0.39 is 11.9 Å². The van der Waals surface area contributed by atoms with Gasteiger partial charge in [0.1, 0.15) is 0 Å². The Kier molecular flexibility index (Phi) is 2.92. The van der Waals surface area contributed by atoms with Gasteiger partial charge in [0.15, 0.2) is 5.69 Å². The fourth-order valence-corrected chi connectivity index (χ4v) is 0.895. The Morgan fingerprint density at radius 3 is 2.69 bits per heavy atom. The predicted molar refractivity (Wildman–Crippen MR) is 41.2 cm³/mol. The van der Waals surface area contributed by atoms with Crippen molar-refractivity contribution in [2.24, 2.45) is 0 Å². The van der Waals surface area contributed by atoms with E-state index in [1.807, 2.05) is 0 Å². The van der Waals surface area contributed by atoms with Crippen molar-refractivity contribution in [3.05, 3.63) is 17.5 Å². The minimum absolute atomic E-state index is 0.488. The van der Waals surface area contributed by atoms with Gasteiger partial charge < -0.3 is 5.32 Å². The molecule has 1 aromatic rings. The van der Waals surface area contributed by atoms with Crippen LogP contribution in [0.3, 0.4) is 0 Å². The van der Waals surface area contributed by atoms with Crippen LogP contribution in [0.1, 0.15) is 11.4 Å². The van der Waals surface area contributed by atoms with Gasteiger partial charge in [0.2, 0.25) is 0 Å². The summed E-state index contributed by atoms with van der Waals surface area (Å²) in [5, 5.41) is 8.33. The molecule has 0 bridgehead atoms. The molecule has 74 valence electrons. The molecule has 0 radical (unpaired) electrons. The second-order valence-electron chi connectivity index (χ2n) is 2.63. The van der Waals surface area contributed by atoms with Crippen LogP contribution in [0.4, 0.5) is 13.2 Å². The van der Waals surface area contributed by atoms with E-state index in [2.05, 4.69) is 15.5 Å². The van der Waals surface area contributed by atoms with Crippen molar-refractivity contribution in [2.75, 3.05) is 13.6 Å². The van der Waals surface area contributed by atoms with Gasteiger partial charge in [-0.3, -0.25) is 5.10 Å². The highest BCUT2D eigenvalue weighted by Gasteiger charge is 2.33. The number of aromatic nitrogens is 2. The van der Waals surface area contributed by atoms with Gasteiger partial charge in [0.05, 0.1) is 0 Å². The molecule has 0 saturated heterocycles. The number of aromatic amines is 1. The SMILES string of the molecule is CNCCc1cc(C(F)(F)F)n[nH]1. The van der Waals surface area contributed by atoms with Crippen LogP contribution < -0.4 is 5.32 Å². The lowest BCUT2D eigenvalue weighted by Gasteiger charge is -1.98. The van der Waals surface area contributed by atoms with Crippen LogP contribution in [0.5, 0.6) is 0 Å². The lowest BCUT2D eigenvalue weighted by molar-refractivity contribution is -0.141. The van der Waals surface area contributed by atoms with Crippen LogP contribution in [0, 0.1) is 0 Å². The Hall–Kier alpha value is -1.04. The summed E-state index contributed by atoms with van der Waals surface area (Å²) in [5.74, 6) is 0. The standard InChI is InChI=1S/C7H10F3N3/c1-11-3-2-5-4-6(13-12-5)7(8,9)10/h4,11H,2-3H2,1H3,(H,12,13). The zero-order valence-electron chi connectivity index (χ0n) is 7.07. The van der Waals surface area contributed by atoms with Crippen LogP contribution in [0.25, 0.3) is 0 Å². The number of alkyl halides is 3. The summed E-state index contributed by atoms with van der Waals surface area (Å²) in [5.41, 5.74) is -0.375. The maximum absolute atomic E-state index is 12.0. The first-order valence-corrected chi connectivity index (χ1v) is 3.80. The summed E-state index contributed by atoms with van der Waals surface area (Å²) < 4.78 is 36.1. The van der Waals surface area contributed by atoms with E-state index in [1.165, 1.54) is 0 Å². The number of halogens is 3. The summed E-state index contributed by atoms with van der Waals surface area (Å²) >= 11 is 0. The van der Waals surface area contributed by atoms with Gasteiger partial charge in [-0.2, -0.15) is 18.3 Å². The van der Waals surface area contributed by atoms with E-state index in [0.717, 1.165) is 6.07 Å². The van der Waals surface area contributed by atoms with E-state index in [-0.39, 0.29) is 0 Å². The average molecular weight is 193 g/mol. The predicted octanol–water partition coefficient (Wildman–Crippen LogP) is 1.19. The molecule has 0 atom stereocenters. The second kappa shape index (κ2) is 3.78. The lowest BCUT2D eigenvalue weighted by atomic mass is 10.3. The zero-order chi connectivity index (χ0) is 9.90. The van der Waals surface area contributed by atoms with Crippen LogP contribution in [-0.4, -0.2) is 23.8 Å². The number of H-pyrrole nitrogens is 1. The van der Waals surface area contributed by atoms with Crippen LogP contribution in [-0.2, 0) is 12.6 Å². The van der Waals surface area contributed by atoms with E-state index in [4.69, 9.17) is 0 Å². The van der Waals surface area contributed by atoms with Crippen molar-refractivity contribution in [3.8, 4) is 0 Å². The molecule has 2 N–H and O–H groups in total. The fraction of sp³-hybridized carbons (Fsp3) is 0.571. The summed E-state index contributed by atoms with van der Waals surface area (Å²) in [7, 11) is 1.74. The van der Waals surface area contributed by atoms with Crippen LogP contribution in [0.2, 0.25) is 0 Å². The number of nitrogens with one attached hydrogen (secondary N) is 2. The lowest BCUT2D eigenvalue weighted by Crippen LogP contribution is -2.10. The van der Waals surface area contributed by atoms with Gasteiger partial charge in [0, 0.05) is 18.7 Å². The Labute approximate surface area is 73.3 Å². The van der Waals surface area contributed by atoms with E-state index >= 15 is 0 Å². The van der Waals surface area contributed by atoms with Crippen molar-refractivity contribution in [3.63, 3.8) is 0 Å². The molecule has 0 aliphatic heterocycles. The first-order chi connectivity index (χ1) is 6.04. The van der Waals surface area contributed by atoms with Gasteiger partial charge >= 0.3 is 6.18 Å². The van der Waals surface area contributed by atoms with Crippen molar-refractivity contribution < 1.29 is 13.2 Å². The third-order valence-electron chi connectivity index (χ3n) is 1.57. The van der Waals surface area contributed by atoms with Gasteiger partial charge in [-0.25, -0.2) is 0 Å². The maximum atomic E-state index is 12.0. The van der Waals surface area contributed by atoms with Gasteiger partial charge in [-0.15, -0.1) is 0 Å². The smallest absolute Gasteiger partial charge is 0.319 e. The topological polar surface area (TPSA) is 40.7 Å². The monoisotopic (exact) mass is 193 g/mol.